The highest BCUT2D eigenvalue weighted by atomic mass is 16.3. The van der Waals surface area contributed by atoms with Crippen LogP contribution in [0, 0.1) is 0 Å². The molecule has 0 fully saturated rings. The molecule has 5 nitrogen and oxygen atoms in total. The summed E-state index contributed by atoms with van der Waals surface area (Å²) in [6.07, 6.45) is 8.88. The monoisotopic (exact) mass is 385 g/mol. The van der Waals surface area contributed by atoms with Crippen LogP contribution in [0.2, 0.25) is 0 Å². The van der Waals surface area contributed by atoms with Gasteiger partial charge >= 0.3 is 0 Å². The second kappa shape index (κ2) is 9.26. The van der Waals surface area contributed by atoms with E-state index in [-0.39, 0.29) is 5.43 Å². The van der Waals surface area contributed by atoms with Crippen LogP contribution in [-0.4, -0.2) is 21.4 Å². The van der Waals surface area contributed by atoms with E-state index in [0.29, 0.717) is 23.1 Å². The van der Waals surface area contributed by atoms with Gasteiger partial charge in [-0.3, -0.25) is 19.7 Å². The van der Waals surface area contributed by atoms with Crippen LogP contribution in [0.1, 0.15) is 23.2 Å². The normalized spacial score (nSPS) is 11.2. The average Bonchev–Trinajstić information content (AvgIpc) is 2.77. The van der Waals surface area contributed by atoms with Crippen LogP contribution >= 0.6 is 0 Å². The number of hydrogen-bond acceptors (Lipinski definition) is 5. The summed E-state index contributed by atoms with van der Waals surface area (Å²) in [6.45, 7) is 2.14. The van der Waals surface area contributed by atoms with Gasteiger partial charge in [0.05, 0.1) is 11.6 Å². The van der Waals surface area contributed by atoms with Gasteiger partial charge in [-0.1, -0.05) is 18.2 Å². The largest absolute Gasteiger partial charge is 0.464 e. The van der Waals surface area contributed by atoms with Gasteiger partial charge in [-0.15, -0.1) is 0 Å². The van der Waals surface area contributed by atoms with Gasteiger partial charge in [0.2, 0.25) is 0 Å². The van der Waals surface area contributed by atoms with Gasteiger partial charge in [-0.05, 0) is 61.3 Å². The lowest BCUT2D eigenvalue weighted by Crippen LogP contribution is -2.27. The van der Waals surface area contributed by atoms with E-state index >= 15 is 0 Å². The first-order valence-electron chi connectivity index (χ1n) is 9.80. The molecule has 0 atom stereocenters. The van der Waals surface area contributed by atoms with Crippen LogP contribution in [-0.2, 0) is 19.5 Å². The standard InChI is InChI=1S/C24H23N3O2/c28-24-20(18-29-23-9-2-1-8-22(23)24)17-27(16-19-10-13-25-14-11-19)15-5-7-21-6-3-4-12-26-21/h1-4,6,8-14,18H,5,7,15-17H2. The Hall–Kier alpha value is -3.31. The molecule has 146 valence electrons. The van der Waals surface area contributed by atoms with E-state index in [9.17, 15) is 4.79 Å². The van der Waals surface area contributed by atoms with Crippen LogP contribution in [0.4, 0.5) is 0 Å². The summed E-state index contributed by atoms with van der Waals surface area (Å²) in [4.78, 5) is 23.7. The first-order valence-corrected chi connectivity index (χ1v) is 9.80. The number of aryl methyl sites for hydroxylation is 1. The van der Waals surface area contributed by atoms with Crippen molar-refractivity contribution in [3.8, 4) is 0 Å². The molecule has 0 radical (unpaired) electrons. The molecule has 5 heteroatoms. The van der Waals surface area contributed by atoms with Crippen molar-refractivity contribution in [3.05, 3.63) is 106 Å². The van der Waals surface area contributed by atoms with Gasteiger partial charge in [0.25, 0.3) is 0 Å². The molecule has 0 unspecified atom stereocenters. The third kappa shape index (κ3) is 4.95. The Morgan fingerprint density at radius 3 is 2.55 bits per heavy atom. The molecule has 1 aromatic carbocycles. The first kappa shape index (κ1) is 19.0. The second-order valence-corrected chi connectivity index (χ2v) is 7.08. The Morgan fingerprint density at radius 2 is 1.72 bits per heavy atom. The van der Waals surface area contributed by atoms with Crippen LogP contribution in [0.3, 0.4) is 0 Å². The number of nitrogens with zero attached hydrogens (tertiary/aromatic N) is 3. The van der Waals surface area contributed by atoms with Crippen LogP contribution in [0.25, 0.3) is 11.0 Å². The number of hydrogen-bond donors (Lipinski definition) is 0. The molecule has 0 N–H and O–H groups in total. The van der Waals surface area contributed by atoms with E-state index in [0.717, 1.165) is 31.6 Å². The van der Waals surface area contributed by atoms with Crippen LogP contribution in [0.5, 0.6) is 0 Å². The van der Waals surface area contributed by atoms with Crippen molar-refractivity contribution in [2.24, 2.45) is 0 Å². The minimum Gasteiger partial charge on any atom is -0.464 e. The molecule has 0 aliphatic carbocycles. The maximum absolute atomic E-state index is 12.9. The van der Waals surface area contributed by atoms with Crippen LogP contribution < -0.4 is 5.43 Å². The molecule has 0 saturated heterocycles. The molecular weight excluding hydrogens is 362 g/mol. The van der Waals surface area contributed by atoms with E-state index in [1.165, 1.54) is 5.56 Å². The van der Waals surface area contributed by atoms with E-state index in [2.05, 4.69) is 14.9 Å². The number of para-hydroxylation sites is 1. The highest BCUT2D eigenvalue weighted by Crippen LogP contribution is 2.14. The molecule has 4 aromatic rings. The number of aromatic nitrogens is 2. The van der Waals surface area contributed by atoms with Crippen molar-refractivity contribution >= 4 is 11.0 Å². The lowest BCUT2D eigenvalue weighted by molar-refractivity contribution is 0.251. The summed E-state index contributed by atoms with van der Waals surface area (Å²) >= 11 is 0. The minimum absolute atomic E-state index is 0.0382. The molecule has 3 aromatic heterocycles. The van der Waals surface area contributed by atoms with Crippen molar-refractivity contribution < 1.29 is 4.42 Å². The fourth-order valence-electron chi connectivity index (χ4n) is 3.46. The van der Waals surface area contributed by atoms with Gasteiger partial charge in [0.15, 0.2) is 5.43 Å². The zero-order valence-corrected chi connectivity index (χ0v) is 16.2. The van der Waals surface area contributed by atoms with Gasteiger partial charge in [0, 0.05) is 42.9 Å². The van der Waals surface area contributed by atoms with Crippen LogP contribution in [0.15, 0.2) is 88.7 Å². The van der Waals surface area contributed by atoms with Crippen molar-refractivity contribution in [3.63, 3.8) is 0 Å². The zero-order chi connectivity index (χ0) is 19.9. The highest BCUT2D eigenvalue weighted by Gasteiger charge is 2.13. The lowest BCUT2D eigenvalue weighted by Gasteiger charge is -2.22. The van der Waals surface area contributed by atoms with E-state index in [1.54, 1.807) is 18.7 Å². The minimum atomic E-state index is 0.0382. The van der Waals surface area contributed by atoms with Crippen molar-refractivity contribution in [2.75, 3.05) is 6.54 Å². The molecule has 0 aliphatic heterocycles. The van der Waals surface area contributed by atoms with Gasteiger partial charge in [-0.2, -0.15) is 0 Å². The highest BCUT2D eigenvalue weighted by molar-refractivity contribution is 5.76. The fourth-order valence-corrected chi connectivity index (χ4v) is 3.46. The summed E-state index contributed by atoms with van der Waals surface area (Å²) in [6, 6.07) is 17.4. The molecular formula is C24H23N3O2. The maximum atomic E-state index is 12.9. The molecule has 0 saturated carbocycles. The summed E-state index contributed by atoms with van der Waals surface area (Å²) in [5.41, 5.74) is 3.59. The Labute approximate surface area is 169 Å². The number of pyridine rings is 2. The summed E-state index contributed by atoms with van der Waals surface area (Å²) in [7, 11) is 0. The third-order valence-electron chi connectivity index (χ3n) is 4.93. The van der Waals surface area contributed by atoms with E-state index in [4.69, 9.17) is 4.42 Å². The van der Waals surface area contributed by atoms with E-state index in [1.807, 2.05) is 60.8 Å². The van der Waals surface area contributed by atoms with Crippen molar-refractivity contribution in [1.29, 1.82) is 0 Å². The SMILES string of the molecule is O=c1c(CN(CCCc2ccccn2)Cc2ccncc2)coc2ccccc12. The average molecular weight is 385 g/mol. The molecule has 3 heterocycles. The quantitative estimate of drug-likeness (QED) is 0.455. The molecule has 0 amide bonds. The Balaban J connectivity index is 1.51. The molecule has 0 aliphatic rings. The number of fused-ring (bicyclic) bond motifs is 1. The number of benzene rings is 1. The molecule has 29 heavy (non-hydrogen) atoms. The lowest BCUT2D eigenvalue weighted by atomic mass is 10.1. The summed E-state index contributed by atoms with van der Waals surface area (Å²) < 4.78 is 5.70. The van der Waals surface area contributed by atoms with Crippen molar-refractivity contribution in [2.45, 2.75) is 25.9 Å². The smallest absolute Gasteiger partial charge is 0.197 e. The third-order valence-corrected chi connectivity index (χ3v) is 4.93. The molecule has 0 spiro atoms. The summed E-state index contributed by atoms with van der Waals surface area (Å²) in [5.74, 6) is 0. The van der Waals surface area contributed by atoms with Crippen molar-refractivity contribution in [1.82, 2.24) is 14.9 Å². The van der Waals surface area contributed by atoms with Gasteiger partial charge in [0.1, 0.15) is 5.58 Å². The zero-order valence-electron chi connectivity index (χ0n) is 16.2. The van der Waals surface area contributed by atoms with Gasteiger partial charge < -0.3 is 4.42 Å². The number of rotatable bonds is 8. The Morgan fingerprint density at radius 1 is 0.897 bits per heavy atom. The predicted octanol–water partition coefficient (Wildman–Crippen LogP) is 4.22. The Kier molecular flexibility index (Phi) is 6.07. The predicted molar refractivity (Wildman–Crippen MR) is 113 cm³/mol. The molecule has 4 rings (SSSR count). The van der Waals surface area contributed by atoms with E-state index < -0.39 is 0 Å². The fraction of sp³-hybridized carbons (Fsp3) is 0.208. The Bertz CT molecular complexity index is 1110. The molecule has 0 bridgehead atoms. The first-order chi connectivity index (χ1) is 14.3. The second-order valence-electron chi connectivity index (χ2n) is 7.08. The summed E-state index contributed by atoms with van der Waals surface area (Å²) in [5, 5.41) is 0.627. The maximum Gasteiger partial charge on any atom is 0.197 e. The van der Waals surface area contributed by atoms with Gasteiger partial charge in [-0.25, -0.2) is 0 Å². The topological polar surface area (TPSA) is 59.2 Å².